The molecule has 27 heavy (non-hydrogen) atoms. The van der Waals surface area contributed by atoms with Gasteiger partial charge in [0.15, 0.2) is 5.82 Å². The highest BCUT2D eigenvalue weighted by Crippen LogP contribution is 2.31. The van der Waals surface area contributed by atoms with Crippen LogP contribution in [0.25, 0.3) is 0 Å². The van der Waals surface area contributed by atoms with Gasteiger partial charge in [0, 0.05) is 19.2 Å². The standard InChI is InChI=1S/C17H22N4O5S/c1-13-11-16(19-26-13)18-17(22)12-21(27(2,23)24)15-6-4-3-5-14(15)20-7-9-25-10-8-20/h3-6,11H,7-10,12H2,1-2H3,(H,18,19,22). The third-order valence-corrected chi connectivity index (χ3v) is 5.21. The Morgan fingerprint density at radius 3 is 2.63 bits per heavy atom. The predicted octanol–water partition coefficient (Wildman–Crippen LogP) is 1.22. The zero-order valence-electron chi connectivity index (χ0n) is 15.2. The van der Waals surface area contributed by atoms with E-state index < -0.39 is 15.9 Å². The van der Waals surface area contributed by atoms with Gasteiger partial charge >= 0.3 is 0 Å². The van der Waals surface area contributed by atoms with E-state index in [1.165, 1.54) is 0 Å². The molecule has 146 valence electrons. The molecule has 1 aromatic heterocycles. The fourth-order valence-corrected chi connectivity index (χ4v) is 3.73. The first-order chi connectivity index (χ1) is 12.8. The van der Waals surface area contributed by atoms with E-state index in [0.29, 0.717) is 37.8 Å². The summed E-state index contributed by atoms with van der Waals surface area (Å²) in [6, 6.07) is 8.69. The Bertz CT molecular complexity index is 906. The second-order valence-electron chi connectivity index (χ2n) is 6.23. The number of anilines is 3. The number of amides is 1. The smallest absolute Gasteiger partial charge is 0.246 e. The SMILES string of the molecule is Cc1cc(NC(=O)CN(c2ccccc2N2CCOCC2)S(C)(=O)=O)no1. The summed E-state index contributed by atoms with van der Waals surface area (Å²) >= 11 is 0. The monoisotopic (exact) mass is 394 g/mol. The fourth-order valence-electron chi connectivity index (χ4n) is 2.87. The van der Waals surface area contributed by atoms with E-state index in [4.69, 9.17) is 9.26 Å². The molecular weight excluding hydrogens is 372 g/mol. The van der Waals surface area contributed by atoms with E-state index in [-0.39, 0.29) is 12.4 Å². The van der Waals surface area contributed by atoms with Gasteiger partial charge in [-0.3, -0.25) is 9.10 Å². The van der Waals surface area contributed by atoms with Crippen molar-refractivity contribution in [3.8, 4) is 0 Å². The van der Waals surface area contributed by atoms with Crippen molar-refractivity contribution in [2.45, 2.75) is 6.92 Å². The molecule has 1 N–H and O–H groups in total. The summed E-state index contributed by atoms with van der Waals surface area (Å²) in [7, 11) is -3.69. The molecule has 1 aliphatic heterocycles. The molecule has 0 bridgehead atoms. The lowest BCUT2D eigenvalue weighted by atomic mass is 10.2. The highest BCUT2D eigenvalue weighted by molar-refractivity contribution is 7.92. The maximum Gasteiger partial charge on any atom is 0.246 e. The lowest BCUT2D eigenvalue weighted by molar-refractivity contribution is -0.114. The molecular formula is C17H22N4O5S. The van der Waals surface area contributed by atoms with Crippen molar-refractivity contribution in [1.82, 2.24) is 5.16 Å². The van der Waals surface area contributed by atoms with Gasteiger partial charge in [-0.05, 0) is 19.1 Å². The third-order valence-electron chi connectivity index (χ3n) is 4.09. The average Bonchev–Trinajstić information content (AvgIpc) is 3.04. The van der Waals surface area contributed by atoms with Crippen LogP contribution in [0, 0.1) is 6.92 Å². The highest BCUT2D eigenvalue weighted by atomic mass is 32.2. The van der Waals surface area contributed by atoms with E-state index in [1.54, 1.807) is 25.1 Å². The number of sulfonamides is 1. The number of hydrogen-bond donors (Lipinski definition) is 1. The molecule has 0 spiro atoms. The average molecular weight is 394 g/mol. The molecule has 1 aromatic carbocycles. The summed E-state index contributed by atoms with van der Waals surface area (Å²) in [5.74, 6) is 0.279. The Balaban J connectivity index is 1.86. The number of hydrogen-bond acceptors (Lipinski definition) is 7. The quantitative estimate of drug-likeness (QED) is 0.785. The Morgan fingerprint density at radius 2 is 2.00 bits per heavy atom. The largest absolute Gasteiger partial charge is 0.378 e. The van der Waals surface area contributed by atoms with E-state index in [2.05, 4.69) is 15.4 Å². The molecule has 10 heteroatoms. The fraction of sp³-hybridized carbons (Fsp3) is 0.412. The summed E-state index contributed by atoms with van der Waals surface area (Å²) in [5.41, 5.74) is 1.20. The third kappa shape index (κ3) is 4.77. The van der Waals surface area contributed by atoms with Crippen LogP contribution < -0.4 is 14.5 Å². The number of rotatable bonds is 6. The number of morpholine rings is 1. The van der Waals surface area contributed by atoms with Gasteiger partial charge in [0.2, 0.25) is 15.9 Å². The Labute approximate surface area is 157 Å². The molecule has 9 nitrogen and oxygen atoms in total. The molecule has 1 fully saturated rings. The molecule has 0 unspecified atom stereocenters. The number of benzene rings is 1. The van der Waals surface area contributed by atoms with Gasteiger partial charge in [0.1, 0.15) is 12.3 Å². The molecule has 1 aliphatic rings. The second kappa shape index (κ2) is 7.97. The second-order valence-corrected chi connectivity index (χ2v) is 8.14. The van der Waals surface area contributed by atoms with Gasteiger partial charge in [-0.1, -0.05) is 17.3 Å². The summed E-state index contributed by atoms with van der Waals surface area (Å²) < 4.78 is 36.2. The van der Waals surface area contributed by atoms with Crippen molar-refractivity contribution in [1.29, 1.82) is 0 Å². The minimum atomic E-state index is -3.69. The van der Waals surface area contributed by atoms with Gasteiger partial charge in [-0.2, -0.15) is 0 Å². The Morgan fingerprint density at radius 1 is 1.30 bits per heavy atom. The van der Waals surface area contributed by atoms with Crippen LogP contribution in [0.5, 0.6) is 0 Å². The van der Waals surface area contributed by atoms with Crippen LogP contribution in [-0.2, 0) is 19.6 Å². The number of para-hydroxylation sites is 2. The Kier molecular flexibility index (Phi) is 5.66. The van der Waals surface area contributed by atoms with Gasteiger partial charge in [0.25, 0.3) is 0 Å². The van der Waals surface area contributed by atoms with Crippen LogP contribution in [0.4, 0.5) is 17.2 Å². The number of ether oxygens (including phenoxy) is 1. The number of aromatic nitrogens is 1. The Hall–Kier alpha value is -2.59. The summed E-state index contributed by atoms with van der Waals surface area (Å²) in [4.78, 5) is 14.5. The molecule has 0 aliphatic carbocycles. The molecule has 0 saturated carbocycles. The van der Waals surface area contributed by atoms with Crippen LogP contribution in [0.15, 0.2) is 34.9 Å². The van der Waals surface area contributed by atoms with Crippen molar-refractivity contribution < 1.29 is 22.5 Å². The van der Waals surface area contributed by atoms with Crippen LogP contribution >= 0.6 is 0 Å². The summed E-state index contributed by atoms with van der Waals surface area (Å²) in [6.07, 6.45) is 1.08. The molecule has 2 heterocycles. The van der Waals surface area contributed by atoms with E-state index in [9.17, 15) is 13.2 Å². The molecule has 0 radical (unpaired) electrons. The predicted molar refractivity (Wildman–Crippen MR) is 102 cm³/mol. The minimum Gasteiger partial charge on any atom is -0.378 e. The van der Waals surface area contributed by atoms with Crippen LogP contribution in [0.3, 0.4) is 0 Å². The lowest BCUT2D eigenvalue weighted by Gasteiger charge is -2.33. The first kappa shape index (κ1) is 19.2. The first-order valence-electron chi connectivity index (χ1n) is 8.47. The highest BCUT2D eigenvalue weighted by Gasteiger charge is 2.26. The van der Waals surface area contributed by atoms with Gasteiger partial charge in [-0.15, -0.1) is 0 Å². The van der Waals surface area contributed by atoms with Crippen molar-refractivity contribution in [2.75, 3.05) is 53.6 Å². The normalized spacial score (nSPS) is 14.8. The topological polar surface area (TPSA) is 105 Å². The van der Waals surface area contributed by atoms with Crippen molar-refractivity contribution >= 4 is 33.1 Å². The number of nitrogens with zero attached hydrogens (tertiary/aromatic N) is 3. The molecule has 1 amide bonds. The first-order valence-corrected chi connectivity index (χ1v) is 10.3. The molecule has 0 atom stereocenters. The molecule has 2 aromatic rings. The van der Waals surface area contributed by atoms with Gasteiger partial charge < -0.3 is 19.5 Å². The number of carbonyl (C=O) groups is 1. The maximum atomic E-state index is 12.4. The number of carbonyl (C=O) groups excluding carboxylic acids is 1. The van der Waals surface area contributed by atoms with E-state index in [1.807, 2.05) is 12.1 Å². The minimum absolute atomic E-state index is 0.243. The van der Waals surface area contributed by atoms with Crippen molar-refractivity contribution in [3.05, 3.63) is 36.1 Å². The molecule has 1 saturated heterocycles. The van der Waals surface area contributed by atoms with Crippen LogP contribution in [0.2, 0.25) is 0 Å². The lowest BCUT2D eigenvalue weighted by Crippen LogP contribution is -2.41. The summed E-state index contributed by atoms with van der Waals surface area (Å²) in [6.45, 7) is 3.77. The summed E-state index contributed by atoms with van der Waals surface area (Å²) in [5, 5.41) is 6.24. The number of nitrogens with one attached hydrogen (secondary N) is 1. The van der Waals surface area contributed by atoms with Crippen molar-refractivity contribution in [2.24, 2.45) is 0 Å². The van der Waals surface area contributed by atoms with Gasteiger partial charge in [0.05, 0.1) is 30.8 Å². The van der Waals surface area contributed by atoms with Gasteiger partial charge in [-0.25, -0.2) is 8.42 Å². The van der Waals surface area contributed by atoms with Crippen molar-refractivity contribution in [3.63, 3.8) is 0 Å². The van der Waals surface area contributed by atoms with Crippen LogP contribution in [0.1, 0.15) is 5.76 Å². The zero-order valence-corrected chi connectivity index (χ0v) is 16.0. The number of aryl methyl sites for hydroxylation is 1. The van der Waals surface area contributed by atoms with E-state index in [0.717, 1.165) is 16.2 Å². The molecule has 3 rings (SSSR count). The van der Waals surface area contributed by atoms with Crippen LogP contribution in [-0.4, -0.2) is 58.6 Å². The zero-order chi connectivity index (χ0) is 19.4. The maximum absolute atomic E-state index is 12.4. The van der Waals surface area contributed by atoms with E-state index >= 15 is 0 Å².